The minimum Gasteiger partial charge on any atom is -0.380 e. The zero-order valence-corrected chi connectivity index (χ0v) is 9.33. The molecule has 1 aliphatic heterocycles. The first-order valence-corrected chi connectivity index (χ1v) is 5.68. The van der Waals surface area contributed by atoms with Crippen molar-refractivity contribution in [3.63, 3.8) is 0 Å². The fourth-order valence-corrected chi connectivity index (χ4v) is 2.44. The summed E-state index contributed by atoms with van der Waals surface area (Å²) in [7, 11) is 0. The van der Waals surface area contributed by atoms with Crippen LogP contribution in [0.1, 0.15) is 24.5 Å². The van der Waals surface area contributed by atoms with Gasteiger partial charge in [0.15, 0.2) is 0 Å². The number of rotatable bonds is 3. The molecule has 1 aromatic rings. The van der Waals surface area contributed by atoms with E-state index in [1.165, 1.54) is 11.1 Å². The molecule has 1 aliphatic rings. The highest BCUT2D eigenvalue weighted by molar-refractivity contribution is 5.35. The molecule has 0 saturated carbocycles. The Morgan fingerprint density at radius 1 is 1.40 bits per heavy atom. The lowest BCUT2D eigenvalue weighted by molar-refractivity contribution is 0.178. The van der Waals surface area contributed by atoms with Crippen molar-refractivity contribution < 1.29 is 4.74 Å². The van der Waals surface area contributed by atoms with Crippen LogP contribution in [0.5, 0.6) is 0 Å². The van der Waals surface area contributed by atoms with Crippen molar-refractivity contribution >= 4 is 0 Å². The third-order valence-corrected chi connectivity index (χ3v) is 3.46. The Morgan fingerprint density at radius 2 is 2.20 bits per heavy atom. The molecular weight excluding hydrogens is 186 g/mol. The number of ether oxygens (including phenoxy) is 1. The summed E-state index contributed by atoms with van der Waals surface area (Å²) in [6.07, 6.45) is 2.12. The van der Waals surface area contributed by atoms with Crippen molar-refractivity contribution in [1.82, 2.24) is 0 Å². The summed E-state index contributed by atoms with van der Waals surface area (Å²) in [5, 5.41) is 0. The van der Waals surface area contributed by atoms with Gasteiger partial charge in [-0.1, -0.05) is 31.2 Å². The Morgan fingerprint density at radius 3 is 2.80 bits per heavy atom. The molecule has 0 aliphatic carbocycles. The van der Waals surface area contributed by atoms with E-state index in [9.17, 15) is 0 Å². The smallest absolute Gasteiger partial charge is 0.0576 e. The van der Waals surface area contributed by atoms with Crippen molar-refractivity contribution in [1.29, 1.82) is 0 Å². The third kappa shape index (κ3) is 1.80. The van der Waals surface area contributed by atoms with E-state index in [4.69, 9.17) is 10.5 Å². The monoisotopic (exact) mass is 205 g/mol. The molecule has 0 radical (unpaired) electrons. The molecule has 2 nitrogen and oxygen atoms in total. The van der Waals surface area contributed by atoms with Crippen LogP contribution in [-0.4, -0.2) is 19.8 Å². The van der Waals surface area contributed by atoms with Crippen molar-refractivity contribution in [2.24, 2.45) is 5.73 Å². The molecule has 2 N–H and O–H groups in total. The van der Waals surface area contributed by atoms with Gasteiger partial charge in [-0.2, -0.15) is 0 Å². The number of hydrogen-bond donors (Lipinski definition) is 1. The average molecular weight is 205 g/mol. The first kappa shape index (κ1) is 10.7. The fraction of sp³-hybridized carbons (Fsp3) is 0.538. The molecule has 1 saturated heterocycles. The fourth-order valence-electron chi connectivity index (χ4n) is 2.44. The second-order valence-corrected chi connectivity index (χ2v) is 4.30. The molecule has 15 heavy (non-hydrogen) atoms. The summed E-state index contributed by atoms with van der Waals surface area (Å²) in [5.74, 6) is 0. The van der Waals surface area contributed by atoms with Crippen molar-refractivity contribution in [2.45, 2.75) is 25.2 Å². The zero-order valence-electron chi connectivity index (χ0n) is 9.33. The second-order valence-electron chi connectivity index (χ2n) is 4.30. The van der Waals surface area contributed by atoms with E-state index in [-0.39, 0.29) is 5.41 Å². The second kappa shape index (κ2) is 4.33. The molecule has 1 unspecified atom stereocenters. The van der Waals surface area contributed by atoms with Crippen molar-refractivity contribution in [2.75, 3.05) is 19.8 Å². The van der Waals surface area contributed by atoms with Crippen LogP contribution in [-0.2, 0) is 16.6 Å². The molecule has 2 rings (SSSR count). The standard InChI is InChI=1S/C13H19NO/c1-2-11-5-3-4-6-12(11)13(9-14)7-8-15-10-13/h3-6H,2,7-10,14H2,1H3. The lowest BCUT2D eigenvalue weighted by atomic mass is 9.77. The summed E-state index contributed by atoms with van der Waals surface area (Å²) < 4.78 is 5.53. The van der Waals surface area contributed by atoms with E-state index in [0.717, 1.165) is 26.1 Å². The summed E-state index contributed by atoms with van der Waals surface area (Å²) in [6, 6.07) is 8.61. The molecule has 82 valence electrons. The Bertz CT molecular complexity index is 329. The first-order valence-electron chi connectivity index (χ1n) is 5.68. The number of benzene rings is 1. The van der Waals surface area contributed by atoms with Gasteiger partial charge in [0.25, 0.3) is 0 Å². The Kier molecular flexibility index (Phi) is 3.08. The van der Waals surface area contributed by atoms with E-state index in [2.05, 4.69) is 31.2 Å². The van der Waals surface area contributed by atoms with E-state index in [1.54, 1.807) is 0 Å². The van der Waals surface area contributed by atoms with Crippen LogP contribution in [0.4, 0.5) is 0 Å². The van der Waals surface area contributed by atoms with Gasteiger partial charge in [0, 0.05) is 18.6 Å². The lowest BCUT2D eigenvalue weighted by Gasteiger charge is -2.28. The van der Waals surface area contributed by atoms with Gasteiger partial charge in [-0.15, -0.1) is 0 Å². The van der Waals surface area contributed by atoms with Crippen LogP contribution < -0.4 is 5.73 Å². The maximum absolute atomic E-state index is 5.94. The number of hydrogen-bond acceptors (Lipinski definition) is 2. The predicted octanol–water partition coefficient (Wildman–Crippen LogP) is 1.87. The van der Waals surface area contributed by atoms with Gasteiger partial charge in [-0.3, -0.25) is 0 Å². The third-order valence-electron chi connectivity index (χ3n) is 3.46. The van der Waals surface area contributed by atoms with E-state index >= 15 is 0 Å². The highest BCUT2D eigenvalue weighted by Crippen LogP contribution is 2.34. The van der Waals surface area contributed by atoms with Crippen LogP contribution in [0.2, 0.25) is 0 Å². The van der Waals surface area contributed by atoms with Gasteiger partial charge in [0.1, 0.15) is 0 Å². The summed E-state index contributed by atoms with van der Waals surface area (Å²) in [4.78, 5) is 0. The van der Waals surface area contributed by atoms with E-state index in [0.29, 0.717) is 6.54 Å². The van der Waals surface area contributed by atoms with Crippen LogP contribution in [0.3, 0.4) is 0 Å². The topological polar surface area (TPSA) is 35.2 Å². The van der Waals surface area contributed by atoms with Crippen LogP contribution in [0, 0.1) is 0 Å². The SMILES string of the molecule is CCc1ccccc1C1(CN)CCOC1. The molecule has 1 fully saturated rings. The molecule has 1 heterocycles. The lowest BCUT2D eigenvalue weighted by Crippen LogP contribution is -2.36. The first-order chi connectivity index (χ1) is 7.32. The minimum atomic E-state index is 0.0760. The van der Waals surface area contributed by atoms with Crippen molar-refractivity contribution in [3.8, 4) is 0 Å². The van der Waals surface area contributed by atoms with Gasteiger partial charge in [-0.25, -0.2) is 0 Å². The Labute approximate surface area is 91.4 Å². The maximum Gasteiger partial charge on any atom is 0.0576 e. The highest BCUT2D eigenvalue weighted by Gasteiger charge is 2.36. The average Bonchev–Trinajstić information content (AvgIpc) is 2.79. The molecule has 2 heteroatoms. The number of aryl methyl sites for hydroxylation is 1. The van der Waals surface area contributed by atoms with Crippen LogP contribution >= 0.6 is 0 Å². The molecule has 0 aromatic heterocycles. The largest absolute Gasteiger partial charge is 0.380 e. The van der Waals surface area contributed by atoms with Crippen molar-refractivity contribution in [3.05, 3.63) is 35.4 Å². The summed E-state index contributed by atoms with van der Waals surface area (Å²) >= 11 is 0. The van der Waals surface area contributed by atoms with Crippen LogP contribution in [0.15, 0.2) is 24.3 Å². The molecular formula is C13H19NO. The quantitative estimate of drug-likeness (QED) is 0.817. The van der Waals surface area contributed by atoms with Gasteiger partial charge in [0.2, 0.25) is 0 Å². The molecule has 0 bridgehead atoms. The van der Waals surface area contributed by atoms with Crippen LogP contribution in [0.25, 0.3) is 0 Å². The molecule has 0 spiro atoms. The van der Waals surface area contributed by atoms with Gasteiger partial charge in [0.05, 0.1) is 6.61 Å². The van der Waals surface area contributed by atoms with Gasteiger partial charge >= 0.3 is 0 Å². The predicted molar refractivity (Wildman–Crippen MR) is 62.0 cm³/mol. The molecule has 0 amide bonds. The molecule has 1 aromatic carbocycles. The van der Waals surface area contributed by atoms with Gasteiger partial charge in [-0.05, 0) is 24.0 Å². The van der Waals surface area contributed by atoms with E-state index < -0.39 is 0 Å². The summed E-state index contributed by atoms with van der Waals surface area (Å²) in [5.41, 5.74) is 8.83. The van der Waals surface area contributed by atoms with E-state index in [1.807, 2.05) is 0 Å². The van der Waals surface area contributed by atoms with Gasteiger partial charge < -0.3 is 10.5 Å². The Hall–Kier alpha value is -0.860. The maximum atomic E-state index is 5.94. The summed E-state index contributed by atoms with van der Waals surface area (Å²) in [6.45, 7) is 4.50. The normalized spacial score (nSPS) is 25.7. The number of nitrogens with two attached hydrogens (primary N) is 1. The Balaban J connectivity index is 2.41. The highest BCUT2D eigenvalue weighted by atomic mass is 16.5. The zero-order chi connectivity index (χ0) is 10.7. The minimum absolute atomic E-state index is 0.0760. The molecule has 1 atom stereocenters.